The van der Waals surface area contributed by atoms with Gasteiger partial charge in [-0.05, 0) is 24.3 Å². The highest BCUT2D eigenvalue weighted by Gasteiger charge is 2.29. The Morgan fingerprint density at radius 1 is 1.47 bits per heavy atom. The minimum absolute atomic E-state index is 0.262. The molecule has 1 saturated heterocycles. The summed E-state index contributed by atoms with van der Waals surface area (Å²) in [5, 5.41) is 1.17. The fourth-order valence-corrected chi connectivity index (χ4v) is 4.15. The van der Waals surface area contributed by atoms with Gasteiger partial charge in [-0.25, -0.2) is 13.2 Å². The Kier molecular flexibility index (Phi) is 4.43. The molecular weight excluding hydrogens is 290 g/mol. The Balaban J connectivity index is 2.16. The molecule has 1 N–H and O–H groups in total. The van der Waals surface area contributed by atoms with E-state index in [1.165, 1.54) is 7.11 Å². The van der Waals surface area contributed by atoms with Crippen molar-refractivity contribution in [1.29, 1.82) is 0 Å². The van der Waals surface area contributed by atoms with Gasteiger partial charge in [0, 0.05) is 13.2 Å². The van der Waals surface area contributed by atoms with Crippen LogP contribution >= 0.6 is 11.3 Å². The normalized spacial score (nSPS) is 17.1. The Bertz CT molecular complexity index is 545. The fraction of sp³-hybridized carbons (Fsp3) is 0.545. The summed E-state index contributed by atoms with van der Waals surface area (Å²) >= 11 is 1.14. The lowest BCUT2D eigenvalue weighted by atomic mass is 10.2. The first-order chi connectivity index (χ1) is 9.04. The maximum Gasteiger partial charge on any atom is 0.350 e. The molecule has 1 aliphatic heterocycles. The molecule has 0 radical (unpaired) electrons. The van der Waals surface area contributed by atoms with Gasteiger partial charge in [0.25, 0.3) is 0 Å². The average Bonchev–Trinajstić information content (AvgIpc) is 2.86. The number of anilines is 1. The van der Waals surface area contributed by atoms with Crippen LogP contribution in [0.5, 0.6) is 0 Å². The molecule has 1 fully saturated rings. The number of nitrogens with one attached hydrogen (secondary N) is 1. The fourth-order valence-electron chi connectivity index (χ4n) is 1.86. The van der Waals surface area contributed by atoms with Crippen molar-refractivity contribution in [1.82, 2.24) is 0 Å². The minimum Gasteiger partial charge on any atom is -0.465 e. The molecule has 0 aliphatic carbocycles. The number of hydrogen-bond donors (Lipinski definition) is 1. The Morgan fingerprint density at radius 2 is 2.16 bits per heavy atom. The van der Waals surface area contributed by atoms with Crippen LogP contribution in [0.2, 0.25) is 0 Å². The first-order valence-electron chi connectivity index (χ1n) is 5.80. The number of carbonyl (C=O) groups is 1. The molecule has 8 heteroatoms. The van der Waals surface area contributed by atoms with Crippen molar-refractivity contribution in [3.8, 4) is 0 Å². The topological polar surface area (TPSA) is 81.7 Å². The molecular formula is C11H15NO5S2. The van der Waals surface area contributed by atoms with E-state index in [2.05, 4.69) is 9.46 Å². The maximum absolute atomic E-state index is 12.2. The number of sulfonamides is 1. The number of rotatable bonds is 4. The standard InChI is InChI=1S/C11H15NO5S2/c1-16-11(13)10-9(4-7-18-10)12-19(14,15)8-2-5-17-6-3-8/h4,7-8,12H,2-3,5-6H2,1H3. The highest BCUT2D eigenvalue weighted by atomic mass is 32.2. The smallest absolute Gasteiger partial charge is 0.350 e. The van der Waals surface area contributed by atoms with E-state index in [4.69, 9.17) is 4.74 Å². The molecule has 1 aromatic heterocycles. The van der Waals surface area contributed by atoms with E-state index in [9.17, 15) is 13.2 Å². The maximum atomic E-state index is 12.2. The first kappa shape index (κ1) is 14.3. The van der Waals surface area contributed by atoms with E-state index in [0.717, 1.165) is 11.3 Å². The minimum atomic E-state index is -3.50. The predicted molar refractivity (Wildman–Crippen MR) is 72.0 cm³/mol. The van der Waals surface area contributed by atoms with Gasteiger partial charge in [-0.2, -0.15) is 0 Å². The van der Waals surface area contributed by atoms with Gasteiger partial charge in [-0.15, -0.1) is 11.3 Å². The second-order valence-corrected chi connectivity index (χ2v) is 6.99. The zero-order chi connectivity index (χ0) is 13.9. The van der Waals surface area contributed by atoms with Crippen LogP contribution in [0.3, 0.4) is 0 Å². The van der Waals surface area contributed by atoms with Gasteiger partial charge >= 0.3 is 5.97 Å². The van der Waals surface area contributed by atoms with E-state index in [1.54, 1.807) is 11.4 Å². The summed E-state index contributed by atoms with van der Waals surface area (Å²) in [6, 6.07) is 1.56. The van der Waals surface area contributed by atoms with Gasteiger partial charge in [0.2, 0.25) is 10.0 Å². The second-order valence-electron chi connectivity index (χ2n) is 4.11. The average molecular weight is 305 g/mol. The van der Waals surface area contributed by atoms with E-state index in [0.29, 0.717) is 26.1 Å². The third-order valence-corrected chi connectivity index (χ3v) is 5.64. The molecule has 0 amide bonds. The van der Waals surface area contributed by atoms with Crippen molar-refractivity contribution in [2.24, 2.45) is 0 Å². The molecule has 0 atom stereocenters. The molecule has 2 heterocycles. The Hall–Kier alpha value is -1.12. The number of esters is 1. The lowest BCUT2D eigenvalue weighted by molar-refractivity contribution is 0.0607. The zero-order valence-electron chi connectivity index (χ0n) is 10.4. The number of methoxy groups -OCH3 is 1. The van der Waals surface area contributed by atoms with Crippen LogP contribution < -0.4 is 4.72 Å². The van der Waals surface area contributed by atoms with Crippen LogP contribution in [-0.2, 0) is 19.5 Å². The van der Waals surface area contributed by atoms with Crippen LogP contribution in [0.25, 0.3) is 0 Å². The molecule has 0 spiro atoms. The van der Waals surface area contributed by atoms with Crippen LogP contribution in [0, 0.1) is 0 Å². The SMILES string of the molecule is COC(=O)c1sccc1NS(=O)(=O)C1CCOCC1. The van der Waals surface area contributed by atoms with Gasteiger partial charge in [-0.3, -0.25) is 4.72 Å². The van der Waals surface area contributed by atoms with E-state index >= 15 is 0 Å². The van der Waals surface area contributed by atoms with Gasteiger partial charge in [0.05, 0.1) is 18.0 Å². The van der Waals surface area contributed by atoms with Gasteiger partial charge < -0.3 is 9.47 Å². The monoisotopic (exact) mass is 305 g/mol. The summed E-state index contributed by atoms with van der Waals surface area (Å²) in [4.78, 5) is 11.8. The van der Waals surface area contributed by atoms with Crippen molar-refractivity contribution in [2.45, 2.75) is 18.1 Å². The molecule has 2 rings (SSSR count). The zero-order valence-corrected chi connectivity index (χ0v) is 12.1. The molecule has 19 heavy (non-hydrogen) atoms. The van der Waals surface area contributed by atoms with Crippen LogP contribution in [0.15, 0.2) is 11.4 Å². The third-order valence-electron chi connectivity index (χ3n) is 2.90. The quantitative estimate of drug-likeness (QED) is 0.852. The molecule has 1 aromatic rings. The summed E-state index contributed by atoms with van der Waals surface area (Å²) in [6.45, 7) is 0.887. The highest BCUT2D eigenvalue weighted by Crippen LogP contribution is 2.26. The Morgan fingerprint density at radius 3 is 2.79 bits per heavy atom. The predicted octanol–water partition coefficient (Wildman–Crippen LogP) is 1.46. The van der Waals surface area contributed by atoms with E-state index in [-0.39, 0.29) is 10.6 Å². The lowest BCUT2D eigenvalue weighted by Crippen LogP contribution is -2.33. The van der Waals surface area contributed by atoms with Crippen molar-refractivity contribution >= 4 is 33.0 Å². The number of thiophene rings is 1. The molecule has 106 valence electrons. The highest BCUT2D eigenvalue weighted by molar-refractivity contribution is 7.93. The summed E-state index contributed by atoms with van der Waals surface area (Å²) in [7, 11) is -2.24. The summed E-state index contributed by atoms with van der Waals surface area (Å²) in [5.74, 6) is -0.542. The van der Waals surface area contributed by atoms with Crippen molar-refractivity contribution < 1.29 is 22.7 Å². The molecule has 1 aliphatic rings. The number of hydrogen-bond acceptors (Lipinski definition) is 6. The molecule has 0 unspecified atom stereocenters. The third kappa shape index (κ3) is 3.26. The first-order valence-corrected chi connectivity index (χ1v) is 8.22. The Labute approximate surface area is 115 Å². The number of carbonyl (C=O) groups excluding carboxylic acids is 1. The van der Waals surface area contributed by atoms with Crippen molar-refractivity contribution in [2.75, 3.05) is 25.0 Å². The second kappa shape index (κ2) is 5.89. The van der Waals surface area contributed by atoms with Crippen LogP contribution in [-0.4, -0.2) is 40.0 Å². The van der Waals surface area contributed by atoms with Crippen molar-refractivity contribution in [3.63, 3.8) is 0 Å². The van der Waals surface area contributed by atoms with Gasteiger partial charge in [0.1, 0.15) is 4.88 Å². The summed E-state index contributed by atoms with van der Waals surface area (Å²) < 4.78 is 36.6. The van der Waals surface area contributed by atoms with Gasteiger partial charge in [-0.1, -0.05) is 0 Å². The lowest BCUT2D eigenvalue weighted by Gasteiger charge is -2.22. The molecule has 0 aromatic carbocycles. The van der Waals surface area contributed by atoms with Crippen LogP contribution in [0.1, 0.15) is 22.5 Å². The molecule has 0 saturated carbocycles. The van der Waals surface area contributed by atoms with E-state index in [1.807, 2.05) is 0 Å². The largest absolute Gasteiger partial charge is 0.465 e. The number of ether oxygens (including phenoxy) is 2. The van der Waals surface area contributed by atoms with Crippen molar-refractivity contribution in [3.05, 3.63) is 16.3 Å². The van der Waals surface area contributed by atoms with Gasteiger partial charge in [0.15, 0.2) is 0 Å². The summed E-state index contributed by atoms with van der Waals surface area (Å²) in [5.41, 5.74) is 0.281. The molecule has 0 bridgehead atoms. The molecule has 6 nitrogen and oxygen atoms in total. The summed E-state index contributed by atoms with van der Waals surface area (Å²) in [6.07, 6.45) is 0.931. The van der Waals surface area contributed by atoms with E-state index < -0.39 is 21.2 Å². The van der Waals surface area contributed by atoms with Crippen LogP contribution in [0.4, 0.5) is 5.69 Å².